The molecule has 0 aliphatic carbocycles. The minimum Gasteiger partial charge on any atom is -0.338 e. The summed E-state index contributed by atoms with van der Waals surface area (Å²) in [5, 5.41) is 2.79. The van der Waals surface area contributed by atoms with Gasteiger partial charge in [0.05, 0.1) is 16.7 Å². The van der Waals surface area contributed by atoms with Crippen molar-refractivity contribution in [1.82, 2.24) is 15.0 Å². The number of carbonyl (C=O) groups is 1. The minimum atomic E-state index is -0.0976. The van der Waals surface area contributed by atoms with Crippen LogP contribution in [-0.2, 0) is 4.79 Å². The lowest BCUT2D eigenvalue weighted by Crippen LogP contribution is -2.05. The van der Waals surface area contributed by atoms with Gasteiger partial charge in [0.2, 0.25) is 5.91 Å². The fourth-order valence-electron chi connectivity index (χ4n) is 2.85. The molecular formula is C20H16N4O. The first-order valence-corrected chi connectivity index (χ1v) is 7.99. The number of hydrogen-bond acceptors (Lipinski definition) is 3. The van der Waals surface area contributed by atoms with E-state index in [9.17, 15) is 4.79 Å². The number of amides is 1. The number of H-pyrrole nitrogens is 1. The van der Waals surface area contributed by atoms with Gasteiger partial charge < -0.3 is 10.3 Å². The number of aromatic nitrogens is 3. The highest BCUT2D eigenvalue weighted by Gasteiger charge is 2.12. The predicted octanol–water partition coefficient (Wildman–Crippen LogP) is 4.25. The Balaban J connectivity index is 1.81. The quantitative estimate of drug-likeness (QED) is 0.590. The molecule has 122 valence electrons. The molecule has 0 radical (unpaired) electrons. The fraction of sp³-hybridized carbons (Fsp3) is 0.0500. The van der Waals surface area contributed by atoms with Gasteiger partial charge in [-0.05, 0) is 30.3 Å². The van der Waals surface area contributed by atoms with E-state index >= 15 is 0 Å². The number of carbonyl (C=O) groups excluding carboxylic acids is 1. The van der Waals surface area contributed by atoms with Gasteiger partial charge in [0, 0.05) is 29.9 Å². The Labute approximate surface area is 144 Å². The first-order chi connectivity index (χ1) is 12.2. The maximum absolute atomic E-state index is 11.2. The van der Waals surface area contributed by atoms with E-state index in [-0.39, 0.29) is 5.91 Å². The lowest BCUT2D eigenvalue weighted by Gasteiger charge is -2.06. The number of nitrogens with one attached hydrogen (secondary N) is 2. The second-order valence-corrected chi connectivity index (χ2v) is 5.76. The second kappa shape index (κ2) is 6.20. The Kier molecular flexibility index (Phi) is 3.74. The third-order valence-electron chi connectivity index (χ3n) is 3.93. The lowest BCUT2D eigenvalue weighted by atomic mass is 10.0. The van der Waals surface area contributed by atoms with Crippen LogP contribution in [0, 0.1) is 0 Å². The summed E-state index contributed by atoms with van der Waals surface area (Å²) in [6, 6.07) is 19.5. The van der Waals surface area contributed by atoms with Crippen LogP contribution < -0.4 is 5.32 Å². The smallest absolute Gasteiger partial charge is 0.221 e. The van der Waals surface area contributed by atoms with Gasteiger partial charge in [-0.1, -0.05) is 30.3 Å². The van der Waals surface area contributed by atoms with Crippen molar-refractivity contribution in [2.75, 3.05) is 5.32 Å². The molecule has 2 aromatic carbocycles. The van der Waals surface area contributed by atoms with Crippen molar-refractivity contribution >= 4 is 22.6 Å². The highest BCUT2D eigenvalue weighted by atomic mass is 16.1. The molecule has 1 amide bonds. The standard InChI is InChI=1S/C20H16N4O/c1-13(25)22-14-9-10-18-19(12-14)24-20(23-18)16-7-3-2-6-15(16)17-8-4-5-11-21-17/h2-12H,1H3,(H,22,25)(H,23,24). The maximum Gasteiger partial charge on any atom is 0.221 e. The molecule has 5 nitrogen and oxygen atoms in total. The molecule has 0 saturated carbocycles. The summed E-state index contributed by atoms with van der Waals surface area (Å²) >= 11 is 0. The predicted molar refractivity (Wildman–Crippen MR) is 99.1 cm³/mol. The SMILES string of the molecule is CC(=O)Nc1ccc2nc(-c3ccccc3-c3ccccn3)[nH]c2c1. The topological polar surface area (TPSA) is 70.7 Å². The van der Waals surface area contributed by atoms with Crippen molar-refractivity contribution in [3.63, 3.8) is 0 Å². The van der Waals surface area contributed by atoms with E-state index in [0.29, 0.717) is 0 Å². The second-order valence-electron chi connectivity index (χ2n) is 5.76. The summed E-state index contributed by atoms with van der Waals surface area (Å²) in [7, 11) is 0. The molecule has 2 N–H and O–H groups in total. The average molecular weight is 328 g/mol. The summed E-state index contributed by atoms with van der Waals surface area (Å²) < 4.78 is 0. The zero-order valence-corrected chi connectivity index (χ0v) is 13.7. The Morgan fingerprint density at radius 2 is 1.80 bits per heavy atom. The van der Waals surface area contributed by atoms with Crippen molar-refractivity contribution in [2.45, 2.75) is 6.92 Å². The number of benzene rings is 2. The highest BCUT2D eigenvalue weighted by molar-refractivity contribution is 5.92. The number of aromatic amines is 1. The third-order valence-corrected chi connectivity index (χ3v) is 3.93. The van der Waals surface area contributed by atoms with Crippen LogP contribution in [0.1, 0.15) is 6.92 Å². The van der Waals surface area contributed by atoms with Crippen LogP contribution in [0.15, 0.2) is 66.9 Å². The van der Waals surface area contributed by atoms with Crippen molar-refractivity contribution in [1.29, 1.82) is 0 Å². The summed E-state index contributed by atoms with van der Waals surface area (Å²) in [5.74, 6) is 0.677. The first kappa shape index (κ1) is 15.1. The van der Waals surface area contributed by atoms with Gasteiger partial charge in [-0.15, -0.1) is 0 Å². The molecule has 5 heteroatoms. The molecule has 2 heterocycles. The highest BCUT2D eigenvalue weighted by Crippen LogP contribution is 2.30. The normalized spacial score (nSPS) is 10.8. The van der Waals surface area contributed by atoms with E-state index in [1.165, 1.54) is 6.92 Å². The van der Waals surface area contributed by atoms with Gasteiger partial charge in [-0.3, -0.25) is 9.78 Å². The van der Waals surface area contributed by atoms with E-state index in [1.807, 2.05) is 60.7 Å². The summed E-state index contributed by atoms with van der Waals surface area (Å²) in [4.78, 5) is 23.7. The zero-order valence-electron chi connectivity index (χ0n) is 13.7. The van der Waals surface area contributed by atoms with Crippen LogP contribution in [0.4, 0.5) is 5.69 Å². The number of nitrogens with zero attached hydrogens (tertiary/aromatic N) is 2. The molecule has 0 bridgehead atoms. The van der Waals surface area contributed by atoms with Gasteiger partial charge in [0.25, 0.3) is 0 Å². The van der Waals surface area contributed by atoms with Gasteiger partial charge >= 0.3 is 0 Å². The maximum atomic E-state index is 11.2. The van der Waals surface area contributed by atoms with E-state index in [1.54, 1.807) is 6.20 Å². The molecule has 0 unspecified atom stereocenters. The van der Waals surface area contributed by atoms with Gasteiger partial charge in [-0.25, -0.2) is 4.98 Å². The fourth-order valence-corrected chi connectivity index (χ4v) is 2.85. The van der Waals surface area contributed by atoms with E-state index in [2.05, 4.69) is 15.3 Å². The molecule has 0 fully saturated rings. The van der Waals surface area contributed by atoms with Crippen LogP contribution in [0.3, 0.4) is 0 Å². The molecule has 2 aromatic heterocycles. The zero-order chi connectivity index (χ0) is 17.2. The number of imidazole rings is 1. The van der Waals surface area contributed by atoms with Crippen LogP contribution in [0.2, 0.25) is 0 Å². The van der Waals surface area contributed by atoms with Crippen LogP contribution >= 0.6 is 0 Å². The summed E-state index contributed by atoms with van der Waals surface area (Å²) in [6.07, 6.45) is 1.78. The van der Waals surface area contributed by atoms with E-state index < -0.39 is 0 Å². The molecule has 0 spiro atoms. The van der Waals surface area contributed by atoms with Gasteiger partial charge in [-0.2, -0.15) is 0 Å². The van der Waals surface area contributed by atoms with Crippen molar-refractivity contribution in [2.24, 2.45) is 0 Å². The molecule has 0 aliphatic heterocycles. The number of hydrogen-bond donors (Lipinski definition) is 2. The van der Waals surface area contributed by atoms with Crippen LogP contribution in [0.5, 0.6) is 0 Å². The average Bonchev–Trinajstić information content (AvgIpc) is 3.05. The molecule has 0 saturated heterocycles. The van der Waals surface area contributed by atoms with E-state index in [4.69, 9.17) is 4.98 Å². The molecule has 0 atom stereocenters. The van der Waals surface area contributed by atoms with E-state index in [0.717, 1.165) is 39.4 Å². The third kappa shape index (κ3) is 2.99. The summed E-state index contributed by atoms with van der Waals surface area (Å²) in [5.41, 5.74) is 5.37. The molecule has 4 rings (SSSR count). The number of anilines is 1. The van der Waals surface area contributed by atoms with Crippen molar-refractivity contribution in [3.05, 3.63) is 66.9 Å². The Morgan fingerprint density at radius 3 is 2.56 bits per heavy atom. The molecule has 4 aromatic rings. The Hall–Kier alpha value is -3.47. The number of rotatable bonds is 3. The Morgan fingerprint density at radius 1 is 1.00 bits per heavy atom. The molecule has 25 heavy (non-hydrogen) atoms. The monoisotopic (exact) mass is 328 g/mol. The van der Waals surface area contributed by atoms with Crippen LogP contribution in [0.25, 0.3) is 33.7 Å². The summed E-state index contributed by atoms with van der Waals surface area (Å²) in [6.45, 7) is 1.49. The lowest BCUT2D eigenvalue weighted by molar-refractivity contribution is -0.114. The minimum absolute atomic E-state index is 0.0976. The number of pyridine rings is 1. The van der Waals surface area contributed by atoms with Crippen LogP contribution in [-0.4, -0.2) is 20.9 Å². The van der Waals surface area contributed by atoms with Crippen molar-refractivity contribution in [3.8, 4) is 22.6 Å². The largest absolute Gasteiger partial charge is 0.338 e. The van der Waals surface area contributed by atoms with Crippen molar-refractivity contribution < 1.29 is 4.79 Å². The Bertz CT molecular complexity index is 1050. The van der Waals surface area contributed by atoms with Gasteiger partial charge in [0.15, 0.2) is 0 Å². The number of fused-ring (bicyclic) bond motifs is 1. The molecular weight excluding hydrogens is 312 g/mol. The first-order valence-electron chi connectivity index (χ1n) is 7.99. The molecule has 0 aliphatic rings. The van der Waals surface area contributed by atoms with Gasteiger partial charge in [0.1, 0.15) is 5.82 Å².